The van der Waals surface area contributed by atoms with Crippen molar-refractivity contribution in [2.45, 2.75) is 53.2 Å². The largest absolute Gasteiger partial charge is 0.361 e. The van der Waals surface area contributed by atoms with Crippen LogP contribution in [0.25, 0.3) is 10.9 Å². The summed E-state index contributed by atoms with van der Waals surface area (Å²) in [4.78, 5) is 47.1. The number of carbonyl (C=O) groups is 1. The Bertz CT molecular complexity index is 2880. The fourth-order valence-electron chi connectivity index (χ4n) is 7.22. The molecule has 66 heavy (non-hydrogen) atoms. The Hall–Kier alpha value is -6.22. The number of nitrogens with zero attached hydrogens (tertiary/aromatic N) is 6. The van der Waals surface area contributed by atoms with Gasteiger partial charge < -0.3 is 16.0 Å². The molecule has 0 bridgehead atoms. The molecule has 0 saturated heterocycles. The maximum Gasteiger partial charge on any atom is 0.289 e. The van der Waals surface area contributed by atoms with Crippen LogP contribution >= 0.6 is 0 Å². The number of nitro groups is 3. The van der Waals surface area contributed by atoms with Crippen molar-refractivity contribution in [3.63, 3.8) is 0 Å². The number of nitrogens with two attached hydrogens (primary N) is 1. The third-order valence-corrected chi connectivity index (χ3v) is 16.3. The Kier molecular flexibility index (Phi) is 17.5. The molecule has 4 aromatic carbocycles. The van der Waals surface area contributed by atoms with E-state index in [1.54, 1.807) is 6.20 Å². The molecule has 0 aliphatic rings. The molecule has 5 rings (SSSR count). The van der Waals surface area contributed by atoms with Crippen LogP contribution in [0.3, 0.4) is 0 Å². The van der Waals surface area contributed by atoms with Crippen LogP contribution in [0.4, 0.5) is 17.1 Å². The molecule has 22 nitrogen and oxygen atoms in total. The van der Waals surface area contributed by atoms with E-state index in [0.29, 0.717) is 0 Å². The minimum atomic E-state index is -4.75. The molecule has 0 aliphatic heterocycles. The van der Waals surface area contributed by atoms with Gasteiger partial charge in [0.25, 0.3) is 17.1 Å². The molecule has 0 unspecified atom stereocenters. The molecule has 0 aliphatic carbocycles. The first kappa shape index (κ1) is 50.8. The van der Waals surface area contributed by atoms with Gasteiger partial charge in [0.2, 0.25) is 36.0 Å². The van der Waals surface area contributed by atoms with E-state index in [1.165, 1.54) is 36.4 Å². The van der Waals surface area contributed by atoms with Crippen LogP contribution in [0.2, 0.25) is 0 Å². The van der Waals surface area contributed by atoms with Gasteiger partial charge in [0, 0.05) is 81.1 Å². The highest BCUT2D eigenvalue weighted by Crippen LogP contribution is 2.30. The van der Waals surface area contributed by atoms with E-state index in [0.717, 1.165) is 65.8 Å². The van der Waals surface area contributed by atoms with Gasteiger partial charge >= 0.3 is 0 Å². The van der Waals surface area contributed by atoms with Gasteiger partial charge in [-0.2, -0.15) is 12.9 Å². The maximum absolute atomic E-state index is 14.3. The smallest absolute Gasteiger partial charge is 0.289 e. The van der Waals surface area contributed by atoms with Crippen LogP contribution in [0.15, 0.2) is 118 Å². The maximum atomic E-state index is 14.3. The van der Waals surface area contributed by atoms with E-state index in [2.05, 4.69) is 10.3 Å². The Labute approximate surface area is 381 Å². The van der Waals surface area contributed by atoms with Crippen LogP contribution < -0.4 is 11.1 Å². The van der Waals surface area contributed by atoms with Crippen LogP contribution in [-0.2, 0) is 41.3 Å². The summed E-state index contributed by atoms with van der Waals surface area (Å²) in [5.74, 6) is -0.273. The Morgan fingerprint density at radius 3 is 1.35 bits per heavy atom. The molecule has 0 radical (unpaired) electrons. The SMILES string of the molecule is NCCCN(CCCN(CCCN(CCCCNC(=O)Cc1c[nH]c2ccccc12)S(=O)(=O)c1ccccc1[N+](=O)[O-])S(=O)(=O)c1ccccc1[N+](=O)[O-])S(=O)(=O)c1ccccc1[N+](=O)[O-]. The van der Waals surface area contributed by atoms with E-state index >= 15 is 0 Å². The second-order valence-electron chi connectivity index (χ2n) is 14.8. The highest BCUT2D eigenvalue weighted by atomic mass is 32.2. The molecule has 1 amide bonds. The zero-order chi connectivity index (χ0) is 48.1. The first-order chi connectivity index (χ1) is 31.4. The number of sulfonamides is 3. The quantitative estimate of drug-likeness (QED) is 0.0370. The van der Waals surface area contributed by atoms with Gasteiger partial charge in [-0.15, -0.1) is 0 Å². The number of nitrogens with one attached hydrogen (secondary N) is 2. The van der Waals surface area contributed by atoms with Gasteiger partial charge in [0.1, 0.15) is 0 Å². The number of H-pyrrole nitrogens is 1. The van der Waals surface area contributed by atoms with E-state index in [-0.39, 0.29) is 83.7 Å². The number of benzene rings is 4. The summed E-state index contributed by atoms with van der Waals surface area (Å²) in [5, 5.41) is 39.4. The molecular formula is C41H49N9O13S3. The summed E-state index contributed by atoms with van der Waals surface area (Å²) in [5.41, 5.74) is 5.21. The zero-order valence-corrected chi connectivity index (χ0v) is 38.0. The number of unbranched alkanes of at least 4 members (excludes halogenated alkanes) is 1. The monoisotopic (exact) mass is 971 g/mol. The lowest BCUT2D eigenvalue weighted by Gasteiger charge is -2.27. The summed E-state index contributed by atoms with van der Waals surface area (Å²) in [7, 11) is -13.9. The summed E-state index contributed by atoms with van der Waals surface area (Å²) in [6.07, 6.45) is 1.95. The standard InChI is InChI=1S/C41H49N9O13S3/c42-22-11-25-46(65(60,61)39-20-7-4-17-36(39)49(54)55)27-13-29-47(66(62,63)40-21-8-5-18-37(40)50(56)57)28-12-26-45(64(58,59)38-19-6-3-16-35(38)48(52)53)24-10-9-23-43-41(51)30-32-31-44-34-15-2-1-14-33(32)34/h1-8,14-21,31,44H,9-13,22-30,42H2,(H,43,51). The van der Waals surface area contributed by atoms with Gasteiger partial charge in [-0.3, -0.25) is 35.1 Å². The van der Waals surface area contributed by atoms with Crippen molar-refractivity contribution in [3.05, 3.63) is 139 Å². The number of amides is 1. The lowest BCUT2D eigenvalue weighted by molar-refractivity contribution is -0.388. The van der Waals surface area contributed by atoms with Crippen LogP contribution in [0.1, 0.15) is 37.7 Å². The van der Waals surface area contributed by atoms with Crippen molar-refractivity contribution in [2.75, 3.05) is 52.4 Å². The molecule has 354 valence electrons. The summed E-state index contributed by atoms with van der Waals surface area (Å²) < 4.78 is 87.3. The van der Waals surface area contributed by atoms with Crippen molar-refractivity contribution in [1.82, 2.24) is 23.2 Å². The molecule has 5 aromatic rings. The van der Waals surface area contributed by atoms with Gasteiger partial charge in [-0.1, -0.05) is 54.6 Å². The lowest BCUT2D eigenvalue weighted by Crippen LogP contribution is -2.39. The summed E-state index contributed by atoms with van der Waals surface area (Å²) in [6.45, 7) is -1.84. The molecule has 0 atom stereocenters. The van der Waals surface area contributed by atoms with Crippen LogP contribution in [0.5, 0.6) is 0 Å². The number of aromatic amines is 1. The van der Waals surface area contributed by atoms with Crippen LogP contribution in [0, 0.1) is 30.3 Å². The number of fused-ring (bicyclic) bond motifs is 1. The van der Waals surface area contributed by atoms with Crippen molar-refractivity contribution in [3.8, 4) is 0 Å². The van der Waals surface area contributed by atoms with E-state index in [9.17, 15) is 60.4 Å². The number of hydrogen-bond acceptors (Lipinski definition) is 14. The topological polar surface area (TPSA) is 312 Å². The van der Waals surface area contributed by atoms with Crippen molar-refractivity contribution in [2.24, 2.45) is 5.73 Å². The average molecular weight is 972 g/mol. The fraction of sp³-hybridized carbons (Fsp3) is 0.341. The molecule has 0 saturated carbocycles. The first-order valence-electron chi connectivity index (χ1n) is 20.6. The lowest BCUT2D eigenvalue weighted by atomic mass is 10.1. The Morgan fingerprint density at radius 1 is 0.545 bits per heavy atom. The minimum absolute atomic E-state index is 0.0487. The number of carbonyl (C=O) groups excluding carboxylic acids is 1. The molecule has 0 spiro atoms. The van der Waals surface area contributed by atoms with Crippen molar-refractivity contribution >= 4 is 63.9 Å². The highest BCUT2D eigenvalue weighted by Gasteiger charge is 2.35. The molecular weight excluding hydrogens is 923 g/mol. The van der Waals surface area contributed by atoms with Crippen LogP contribution in [-0.4, -0.2) is 116 Å². The molecule has 0 fully saturated rings. The summed E-state index contributed by atoms with van der Waals surface area (Å²) in [6, 6.07) is 21.5. The Morgan fingerprint density at radius 2 is 0.924 bits per heavy atom. The average Bonchev–Trinajstić information content (AvgIpc) is 3.70. The number of hydrogen-bond donors (Lipinski definition) is 3. The third-order valence-electron chi connectivity index (χ3n) is 10.5. The van der Waals surface area contributed by atoms with Gasteiger partial charge in [0.15, 0.2) is 14.7 Å². The second-order valence-corrected chi connectivity index (χ2v) is 20.5. The fourth-order valence-corrected chi connectivity index (χ4v) is 12.2. The second kappa shape index (κ2) is 22.8. The molecule has 1 heterocycles. The number of aromatic nitrogens is 1. The molecule has 4 N–H and O–H groups in total. The number of nitro benzene ring substituents is 3. The van der Waals surface area contributed by atoms with E-state index in [1.807, 2.05) is 24.3 Å². The molecule has 25 heteroatoms. The minimum Gasteiger partial charge on any atom is -0.361 e. The first-order valence-corrected chi connectivity index (χ1v) is 25.0. The van der Waals surface area contributed by atoms with Crippen molar-refractivity contribution < 1.29 is 44.8 Å². The normalized spacial score (nSPS) is 12.2. The van der Waals surface area contributed by atoms with E-state index in [4.69, 9.17) is 5.73 Å². The van der Waals surface area contributed by atoms with Crippen molar-refractivity contribution in [1.29, 1.82) is 0 Å². The highest BCUT2D eigenvalue weighted by molar-refractivity contribution is 7.89. The zero-order valence-electron chi connectivity index (χ0n) is 35.5. The number of para-hydroxylation sites is 4. The van der Waals surface area contributed by atoms with Gasteiger partial charge in [-0.05, 0) is 68.5 Å². The third kappa shape index (κ3) is 12.4. The predicted octanol–water partition coefficient (Wildman–Crippen LogP) is 4.53. The van der Waals surface area contributed by atoms with Gasteiger partial charge in [-0.25, -0.2) is 25.3 Å². The van der Waals surface area contributed by atoms with Gasteiger partial charge in [0.05, 0.1) is 21.2 Å². The predicted molar refractivity (Wildman–Crippen MR) is 243 cm³/mol. The molecule has 1 aromatic heterocycles. The summed E-state index contributed by atoms with van der Waals surface area (Å²) >= 11 is 0. The number of rotatable bonds is 27. The van der Waals surface area contributed by atoms with E-state index < -0.39 is 89.7 Å². The Balaban J connectivity index is 1.36.